The number of rotatable bonds is 3. The van der Waals surface area contributed by atoms with Crippen LogP contribution in [0.4, 0.5) is 0 Å². The summed E-state index contributed by atoms with van der Waals surface area (Å²) in [7, 11) is 0. The van der Waals surface area contributed by atoms with Crippen LogP contribution < -0.4 is 0 Å². The SMILES string of the molecule is C=CC(=O)OCC1CN2CCN1CC2. The second-order valence-corrected chi connectivity index (χ2v) is 3.82. The van der Waals surface area contributed by atoms with E-state index >= 15 is 0 Å². The van der Waals surface area contributed by atoms with E-state index in [1.165, 1.54) is 6.08 Å². The van der Waals surface area contributed by atoms with Crippen molar-refractivity contribution in [3.05, 3.63) is 12.7 Å². The minimum atomic E-state index is -0.317. The van der Waals surface area contributed by atoms with Crippen molar-refractivity contribution in [3.63, 3.8) is 0 Å². The van der Waals surface area contributed by atoms with Gasteiger partial charge in [0.25, 0.3) is 0 Å². The summed E-state index contributed by atoms with van der Waals surface area (Å²) in [5.41, 5.74) is 0. The van der Waals surface area contributed by atoms with Gasteiger partial charge in [0.2, 0.25) is 0 Å². The molecule has 3 saturated heterocycles. The lowest BCUT2D eigenvalue weighted by Gasteiger charge is -2.47. The number of carbonyl (C=O) groups excluding carboxylic acids is 1. The van der Waals surface area contributed by atoms with Gasteiger partial charge in [-0.15, -0.1) is 0 Å². The topological polar surface area (TPSA) is 32.8 Å². The van der Waals surface area contributed by atoms with Crippen molar-refractivity contribution in [1.29, 1.82) is 0 Å². The summed E-state index contributed by atoms with van der Waals surface area (Å²) in [6.45, 7) is 9.44. The first-order valence-corrected chi connectivity index (χ1v) is 5.05. The summed E-state index contributed by atoms with van der Waals surface area (Å²) in [5, 5.41) is 0. The van der Waals surface area contributed by atoms with Gasteiger partial charge in [-0.1, -0.05) is 6.58 Å². The van der Waals surface area contributed by atoms with E-state index in [9.17, 15) is 4.79 Å². The maximum absolute atomic E-state index is 10.9. The molecule has 0 saturated carbocycles. The van der Waals surface area contributed by atoms with Crippen LogP contribution in [0.25, 0.3) is 0 Å². The Kier molecular flexibility index (Phi) is 2.84. The Labute approximate surface area is 84.1 Å². The fourth-order valence-electron chi connectivity index (χ4n) is 2.12. The van der Waals surface area contributed by atoms with Crippen LogP contribution in [0.5, 0.6) is 0 Å². The maximum Gasteiger partial charge on any atom is 0.330 e. The van der Waals surface area contributed by atoms with Gasteiger partial charge in [0.15, 0.2) is 0 Å². The molecule has 0 amide bonds. The Morgan fingerprint density at radius 2 is 2.14 bits per heavy atom. The second kappa shape index (κ2) is 4.11. The lowest BCUT2D eigenvalue weighted by molar-refractivity contribution is -0.141. The smallest absolute Gasteiger partial charge is 0.330 e. The zero-order valence-electron chi connectivity index (χ0n) is 8.32. The number of esters is 1. The number of fused-ring (bicyclic) bond motifs is 3. The predicted octanol–water partition coefficient (Wildman–Crippen LogP) is -0.285. The van der Waals surface area contributed by atoms with Crippen molar-refractivity contribution >= 4 is 5.97 Å². The number of ether oxygens (including phenoxy) is 1. The largest absolute Gasteiger partial charge is 0.461 e. The van der Waals surface area contributed by atoms with E-state index in [0.29, 0.717) is 12.6 Å². The molecule has 0 radical (unpaired) electrons. The van der Waals surface area contributed by atoms with E-state index in [4.69, 9.17) is 4.74 Å². The summed E-state index contributed by atoms with van der Waals surface area (Å²) >= 11 is 0. The van der Waals surface area contributed by atoms with E-state index in [-0.39, 0.29) is 5.97 Å². The molecule has 3 aliphatic rings. The van der Waals surface area contributed by atoms with Crippen molar-refractivity contribution in [2.45, 2.75) is 6.04 Å². The highest BCUT2D eigenvalue weighted by Gasteiger charge is 2.32. The van der Waals surface area contributed by atoms with Crippen LogP contribution >= 0.6 is 0 Å². The average molecular weight is 196 g/mol. The Bertz CT molecular complexity index is 234. The summed E-state index contributed by atoms with van der Waals surface area (Å²) in [5.74, 6) is -0.317. The summed E-state index contributed by atoms with van der Waals surface area (Å²) in [6, 6.07) is 0.390. The van der Waals surface area contributed by atoms with Crippen molar-refractivity contribution in [1.82, 2.24) is 9.80 Å². The molecule has 0 N–H and O–H groups in total. The minimum absolute atomic E-state index is 0.317. The first-order valence-electron chi connectivity index (χ1n) is 5.05. The Hall–Kier alpha value is -0.870. The highest BCUT2D eigenvalue weighted by molar-refractivity contribution is 5.81. The van der Waals surface area contributed by atoms with Gasteiger partial charge < -0.3 is 4.74 Å². The van der Waals surface area contributed by atoms with E-state index in [2.05, 4.69) is 16.4 Å². The van der Waals surface area contributed by atoms with Crippen LogP contribution in [0.3, 0.4) is 0 Å². The van der Waals surface area contributed by atoms with Crippen LogP contribution in [-0.2, 0) is 9.53 Å². The zero-order chi connectivity index (χ0) is 9.97. The molecule has 0 aromatic heterocycles. The van der Waals surface area contributed by atoms with Crippen molar-refractivity contribution < 1.29 is 9.53 Å². The van der Waals surface area contributed by atoms with E-state index < -0.39 is 0 Å². The van der Waals surface area contributed by atoms with Crippen LogP contribution in [0.15, 0.2) is 12.7 Å². The van der Waals surface area contributed by atoms with Gasteiger partial charge in [-0.3, -0.25) is 9.80 Å². The molecule has 78 valence electrons. The molecule has 0 aromatic rings. The minimum Gasteiger partial charge on any atom is -0.461 e. The first kappa shape index (κ1) is 9.68. The van der Waals surface area contributed by atoms with E-state index in [0.717, 1.165) is 32.7 Å². The number of hydrogen-bond acceptors (Lipinski definition) is 4. The zero-order valence-corrected chi connectivity index (χ0v) is 8.32. The number of carbonyl (C=O) groups is 1. The molecule has 0 aromatic carbocycles. The lowest BCUT2D eigenvalue weighted by Crippen LogP contribution is -2.62. The molecule has 1 atom stereocenters. The number of piperazine rings is 3. The van der Waals surface area contributed by atoms with Crippen LogP contribution in [0, 0.1) is 0 Å². The van der Waals surface area contributed by atoms with Gasteiger partial charge >= 0.3 is 5.97 Å². The number of nitrogens with zero attached hydrogens (tertiary/aromatic N) is 2. The molecule has 3 heterocycles. The molecule has 3 fully saturated rings. The van der Waals surface area contributed by atoms with Crippen molar-refractivity contribution in [2.24, 2.45) is 0 Å². The molecule has 14 heavy (non-hydrogen) atoms. The van der Waals surface area contributed by atoms with Crippen molar-refractivity contribution in [3.8, 4) is 0 Å². The Morgan fingerprint density at radius 3 is 2.64 bits per heavy atom. The predicted molar refractivity (Wildman–Crippen MR) is 53.0 cm³/mol. The van der Waals surface area contributed by atoms with Gasteiger partial charge in [-0.2, -0.15) is 0 Å². The molecule has 4 heteroatoms. The summed E-state index contributed by atoms with van der Waals surface area (Å²) in [6.07, 6.45) is 1.22. The quantitative estimate of drug-likeness (QED) is 0.459. The standard InChI is InChI=1S/C10H16N2O2/c1-2-10(13)14-8-9-7-11-3-5-12(9)6-4-11/h2,9H,1,3-8H2. The molecular weight excluding hydrogens is 180 g/mol. The molecular formula is C10H16N2O2. The van der Waals surface area contributed by atoms with Gasteiger partial charge in [-0.05, 0) is 0 Å². The Morgan fingerprint density at radius 1 is 1.43 bits per heavy atom. The molecule has 3 aliphatic heterocycles. The lowest BCUT2D eigenvalue weighted by atomic mass is 10.1. The molecule has 3 rings (SSSR count). The highest BCUT2D eigenvalue weighted by atomic mass is 16.5. The number of hydrogen-bond donors (Lipinski definition) is 0. The van der Waals surface area contributed by atoms with Crippen LogP contribution in [0.2, 0.25) is 0 Å². The van der Waals surface area contributed by atoms with Gasteiger partial charge in [-0.25, -0.2) is 4.79 Å². The van der Waals surface area contributed by atoms with Crippen LogP contribution in [-0.4, -0.2) is 61.1 Å². The molecule has 2 bridgehead atoms. The van der Waals surface area contributed by atoms with Gasteiger partial charge in [0.05, 0.1) is 6.04 Å². The molecule has 4 nitrogen and oxygen atoms in total. The fourth-order valence-corrected chi connectivity index (χ4v) is 2.12. The second-order valence-electron chi connectivity index (χ2n) is 3.82. The van der Waals surface area contributed by atoms with Crippen LogP contribution in [0.1, 0.15) is 0 Å². The normalized spacial score (nSPS) is 35.3. The van der Waals surface area contributed by atoms with Gasteiger partial charge in [0, 0.05) is 38.8 Å². The Balaban J connectivity index is 1.81. The summed E-state index contributed by atoms with van der Waals surface area (Å²) < 4.78 is 5.06. The molecule has 0 aliphatic carbocycles. The molecule has 0 spiro atoms. The average Bonchev–Trinajstić information content (AvgIpc) is 2.27. The first-order chi connectivity index (χ1) is 6.79. The third kappa shape index (κ3) is 1.96. The van der Waals surface area contributed by atoms with Gasteiger partial charge in [0.1, 0.15) is 6.61 Å². The highest BCUT2D eigenvalue weighted by Crippen LogP contribution is 2.15. The van der Waals surface area contributed by atoms with E-state index in [1.807, 2.05) is 0 Å². The van der Waals surface area contributed by atoms with Crippen molar-refractivity contribution in [2.75, 3.05) is 39.3 Å². The maximum atomic E-state index is 10.9. The fraction of sp³-hybridized carbons (Fsp3) is 0.700. The summed E-state index contributed by atoms with van der Waals surface area (Å²) in [4.78, 5) is 15.7. The third-order valence-electron chi connectivity index (χ3n) is 2.98. The monoisotopic (exact) mass is 196 g/mol. The molecule has 1 unspecified atom stereocenters. The third-order valence-corrected chi connectivity index (χ3v) is 2.98. The van der Waals surface area contributed by atoms with E-state index in [1.54, 1.807) is 0 Å².